The highest BCUT2D eigenvalue weighted by atomic mass is 28.4. The molecule has 0 radical (unpaired) electrons. The highest BCUT2D eigenvalue weighted by Crippen LogP contribution is 2.54. The predicted octanol–water partition coefficient (Wildman–Crippen LogP) is 4.99. The Balaban J connectivity index is 2.34. The Labute approximate surface area is 167 Å². The molecule has 2 rings (SSSR count). The lowest BCUT2D eigenvalue weighted by Crippen LogP contribution is -2.65. The monoisotopic (exact) mass is 396 g/mol. The summed E-state index contributed by atoms with van der Waals surface area (Å²) in [6.07, 6.45) is 6.34. The van der Waals surface area contributed by atoms with Crippen LogP contribution in [0.3, 0.4) is 0 Å². The van der Waals surface area contributed by atoms with Gasteiger partial charge in [-0.1, -0.05) is 38.5 Å². The number of hydrogen-bond acceptors (Lipinski definition) is 4. The maximum absolute atomic E-state index is 11.9. The molecule has 0 bridgehead atoms. The fourth-order valence-electron chi connectivity index (χ4n) is 4.67. The van der Waals surface area contributed by atoms with Crippen LogP contribution in [0, 0.1) is 0 Å². The van der Waals surface area contributed by atoms with Crippen LogP contribution in [0.4, 0.5) is 0 Å². The Morgan fingerprint density at radius 3 is 2.19 bits per heavy atom. The Morgan fingerprint density at radius 1 is 1.15 bits per heavy atom. The average Bonchev–Trinajstić information content (AvgIpc) is 3.44. The van der Waals surface area contributed by atoms with E-state index in [1.54, 1.807) is 7.11 Å². The van der Waals surface area contributed by atoms with Gasteiger partial charge in [-0.15, -0.1) is 0 Å². The molecule has 1 N–H and O–H groups in total. The maximum atomic E-state index is 11.9. The lowest BCUT2D eigenvalue weighted by atomic mass is 9.68. The molecule has 4 atom stereocenters. The Bertz CT molecular complexity index is 550. The number of aliphatic hydroxyl groups is 1. The van der Waals surface area contributed by atoms with E-state index in [1.165, 1.54) is 5.57 Å². The van der Waals surface area contributed by atoms with Crippen LogP contribution in [0.25, 0.3) is 0 Å². The molecule has 0 aromatic rings. The number of allylic oxidation sites excluding steroid dienone is 3. The predicted molar refractivity (Wildman–Crippen MR) is 114 cm³/mol. The fourth-order valence-corrected chi connectivity index (χ4v) is 7.56. The van der Waals surface area contributed by atoms with Crippen molar-refractivity contribution in [2.24, 2.45) is 0 Å². The standard InChI is InChI=1S/C22H40O4Si/c1-8-27(9-2,10-3)26-19-14-15-21(16-25-21)22(23,20(19)24-7)18(6)13-11-12-17(4)5/h12-13,19-20,23H,8-11,14-16H2,1-7H3/b18-13+/t19-,20-,21+,22-/m1/s1. The first-order valence-electron chi connectivity index (χ1n) is 10.6. The van der Waals surface area contributed by atoms with Gasteiger partial charge in [0, 0.05) is 7.11 Å². The summed E-state index contributed by atoms with van der Waals surface area (Å²) in [7, 11) is -0.0890. The van der Waals surface area contributed by atoms with Gasteiger partial charge in [0.15, 0.2) is 8.32 Å². The van der Waals surface area contributed by atoms with E-state index in [1.807, 2.05) is 6.92 Å². The van der Waals surface area contributed by atoms with E-state index in [0.717, 1.165) is 43.0 Å². The van der Waals surface area contributed by atoms with Gasteiger partial charge < -0.3 is 19.0 Å². The van der Waals surface area contributed by atoms with E-state index in [-0.39, 0.29) is 6.10 Å². The SMILES string of the molecule is CC[Si](CC)(CC)O[C@@H]1CC[C@]2(CO2)[C@@](O)(/C(C)=C/CC=C(C)C)[C@@H]1OC. The number of methoxy groups -OCH3 is 1. The van der Waals surface area contributed by atoms with Crippen molar-refractivity contribution in [2.75, 3.05) is 13.7 Å². The van der Waals surface area contributed by atoms with Gasteiger partial charge in [0.05, 0.1) is 12.7 Å². The van der Waals surface area contributed by atoms with Gasteiger partial charge in [-0.05, 0) is 63.7 Å². The average molecular weight is 397 g/mol. The normalized spacial score (nSPS) is 34.0. The summed E-state index contributed by atoms with van der Waals surface area (Å²) in [4.78, 5) is 0. The summed E-state index contributed by atoms with van der Waals surface area (Å²) in [6, 6.07) is 3.30. The van der Waals surface area contributed by atoms with Crippen LogP contribution in [-0.2, 0) is 13.9 Å². The molecule has 1 heterocycles. The zero-order valence-corrected chi connectivity index (χ0v) is 19.4. The first-order valence-corrected chi connectivity index (χ1v) is 13.1. The molecule has 4 nitrogen and oxygen atoms in total. The zero-order chi connectivity index (χ0) is 20.3. The molecule has 2 fully saturated rings. The van der Waals surface area contributed by atoms with E-state index in [2.05, 4.69) is 46.8 Å². The highest BCUT2D eigenvalue weighted by molar-refractivity contribution is 6.73. The topological polar surface area (TPSA) is 51.2 Å². The molecule has 1 spiro atoms. The molecule has 0 unspecified atom stereocenters. The van der Waals surface area contributed by atoms with Gasteiger partial charge in [0.2, 0.25) is 0 Å². The molecule has 0 amide bonds. The van der Waals surface area contributed by atoms with Crippen LogP contribution in [0.2, 0.25) is 18.1 Å². The lowest BCUT2D eigenvalue weighted by molar-refractivity contribution is -0.175. The van der Waals surface area contributed by atoms with Gasteiger partial charge in [-0.2, -0.15) is 0 Å². The van der Waals surface area contributed by atoms with E-state index in [9.17, 15) is 5.11 Å². The molecule has 2 aliphatic rings. The second-order valence-electron chi connectivity index (χ2n) is 8.55. The van der Waals surface area contributed by atoms with Gasteiger partial charge >= 0.3 is 0 Å². The molecule has 0 aromatic heterocycles. The first-order chi connectivity index (χ1) is 12.7. The molecule has 5 heteroatoms. The number of hydrogen-bond donors (Lipinski definition) is 1. The largest absolute Gasteiger partial charge is 0.411 e. The highest BCUT2D eigenvalue weighted by Gasteiger charge is 2.69. The van der Waals surface area contributed by atoms with E-state index < -0.39 is 25.6 Å². The van der Waals surface area contributed by atoms with Crippen LogP contribution in [0.1, 0.15) is 60.8 Å². The third-order valence-corrected chi connectivity index (χ3v) is 11.6. The smallest absolute Gasteiger partial charge is 0.192 e. The van der Waals surface area contributed by atoms with Gasteiger partial charge in [-0.3, -0.25) is 0 Å². The minimum atomic E-state index is -1.79. The fraction of sp³-hybridized carbons (Fsp3) is 0.818. The minimum absolute atomic E-state index is 0.0758. The Morgan fingerprint density at radius 2 is 1.74 bits per heavy atom. The van der Waals surface area contributed by atoms with E-state index in [4.69, 9.17) is 13.9 Å². The Kier molecular flexibility index (Phi) is 7.53. The summed E-state index contributed by atoms with van der Waals surface area (Å²) in [5.74, 6) is 0. The first kappa shape index (κ1) is 22.8. The van der Waals surface area contributed by atoms with Gasteiger partial charge in [0.1, 0.15) is 17.3 Å². The second kappa shape index (κ2) is 8.91. The second-order valence-corrected chi connectivity index (χ2v) is 13.3. The van der Waals surface area contributed by atoms with Crippen molar-refractivity contribution >= 4 is 8.32 Å². The van der Waals surface area contributed by atoms with E-state index >= 15 is 0 Å². The van der Waals surface area contributed by atoms with Crippen molar-refractivity contribution in [3.8, 4) is 0 Å². The third-order valence-electron chi connectivity index (χ3n) is 6.91. The molecule has 156 valence electrons. The summed E-state index contributed by atoms with van der Waals surface area (Å²) >= 11 is 0. The zero-order valence-electron chi connectivity index (χ0n) is 18.4. The van der Waals surface area contributed by atoms with Crippen LogP contribution < -0.4 is 0 Å². The Hall–Kier alpha value is -0.463. The van der Waals surface area contributed by atoms with Crippen molar-refractivity contribution in [1.82, 2.24) is 0 Å². The summed E-state index contributed by atoms with van der Waals surface area (Å²) < 4.78 is 18.6. The molecule has 1 saturated carbocycles. The van der Waals surface area contributed by atoms with Gasteiger partial charge in [0.25, 0.3) is 0 Å². The minimum Gasteiger partial charge on any atom is -0.411 e. The number of epoxide rings is 1. The molecular weight excluding hydrogens is 356 g/mol. The van der Waals surface area contributed by atoms with Crippen molar-refractivity contribution < 1.29 is 19.0 Å². The van der Waals surface area contributed by atoms with Crippen molar-refractivity contribution in [3.05, 3.63) is 23.3 Å². The van der Waals surface area contributed by atoms with Crippen molar-refractivity contribution in [1.29, 1.82) is 0 Å². The quantitative estimate of drug-likeness (QED) is 0.339. The van der Waals surface area contributed by atoms with Crippen LogP contribution in [0.15, 0.2) is 23.3 Å². The van der Waals surface area contributed by atoms with E-state index in [0.29, 0.717) is 6.61 Å². The summed E-state index contributed by atoms with van der Waals surface area (Å²) in [5.41, 5.74) is 0.583. The maximum Gasteiger partial charge on any atom is 0.192 e. The number of rotatable bonds is 9. The summed E-state index contributed by atoms with van der Waals surface area (Å²) in [5, 5.41) is 11.9. The van der Waals surface area contributed by atoms with Crippen LogP contribution in [0.5, 0.6) is 0 Å². The van der Waals surface area contributed by atoms with Crippen molar-refractivity contribution in [2.45, 2.75) is 102 Å². The van der Waals surface area contributed by atoms with Crippen molar-refractivity contribution in [3.63, 3.8) is 0 Å². The molecule has 1 saturated heterocycles. The van der Waals surface area contributed by atoms with Gasteiger partial charge in [-0.25, -0.2) is 0 Å². The molecule has 0 aromatic carbocycles. The molecule has 27 heavy (non-hydrogen) atoms. The molecule has 1 aliphatic carbocycles. The summed E-state index contributed by atoms with van der Waals surface area (Å²) in [6.45, 7) is 13.5. The van der Waals surface area contributed by atoms with Crippen LogP contribution >= 0.6 is 0 Å². The third kappa shape index (κ3) is 4.27. The lowest BCUT2D eigenvalue weighted by Gasteiger charge is -2.50. The molecular formula is C22H40O4Si. The number of ether oxygens (including phenoxy) is 2. The molecule has 1 aliphatic heterocycles. The van der Waals surface area contributed by atoms with Crippen LogP contribution in [-0.4, -0.2) is 50.6 Å².